The summed E-state index contributed by atoms with van der Waals surface area (Å²) in [5.41, 5.74) is 0.772. The third-order valence-electron chi connectivity index (χ3n) is 4.93. The molecular formula is C20H28N2O2S. The molecule has 0 unspecified atom stereocenters. The first-order chi connectivity index (χ1) is 12.1. The van der Waals surface area contributed by atoms with Crippen molar-refractivity contribution in [1.29, 1.82) is 0 Å². The molecular weight excluding hydrogens is 332 g/mol. The number of aromatic nitrogens is 1. The molecule has 25 heavy (non-hydrogen) atoms. The van der Waals surface area contributed by atoms with Crippen LogP contribution < -0.4 is 5.32 Å². The molecule has 0 aliphatic heterocycles. The number of carbonyl (C=O) groups excluding carboxylic acids is 1. The summed E-state index contributed by atoms with van der Waals surface area (Å²) in [5, 5.41) is 4.24. The van der Waals surface area contributed by atoms with Gasteiger partial charge in [0.25, 0.3) is 0 Å². The lowest BCUT2D eigenvalue weighted by Gasteiger charge is -2.26. The van der Waals surface area contributed by atoms with Crippen LogP contribution in [0.4, 0.5) is 0 Å². The second-order valence-electron chi connectivity index (χ2n) is 7.27. The zero-order valence-corrected chi connectivity index (χ0v) is 16.0. The first-order valence-corrected chi connectivity index (χ1v) is 10.2. The van der Waals surface area contributed by atoms with Crippen LogP contribution in [-0.2, 0) is 16.0 Å². The fraction of sp³-hybridized carbons (Fsp3) is 0.600. The summed E-state index contributed by atoms with van der Waals surface area (Å²) in [6, 6.07) is 8.21. The Morgan fingerprint density at radius 1 is 1.32 bits per heavy atom. The van der Waals surface area contributed by atoms with Crippen molar-refractivity contribution in [3.05, 3.63) is 29.3 Å². The van der Waals surface area contributed by atoms with Gasteiger partial charge in [0.05, 0.1) is 26.7 Å². The molecule has 1 fully saturated rings. The standard InChI is InChI=1S/C20H28N2O2S/c1-15(2)24-13-7-12-21-19(23)20(10-5-6-11-20)14-18-22-16-8-3-4-9-17(16)25-18/h3-4,8-9,15H,5-7,10-14H2,1-2H3,(H,21,23). The lowest BCUT2D eigenvalue weighted by molar-refractivity contribution is -0.130. The minimum absolute atomic E-state index is 0.203. The number of fused-ring (bicyclic) bond motifs is 1. The first-order valence-electron chi connectivity index (χ1n) is 9.33. The highest BCUT2D eigenvalue weighted by molar-refractivity contribution is 7.18. The van der Waals surface area contributed by atoms with Crippen LogP contribution in [0, 0.1) is 5.41 Å². The van der Waals surface area contributed by atoms with E-state index in [0.29, 0.717) is 13.2 Å². The molecule has 0 spiro atoms. The molecule has 0 radical (unpaired) electrons. The predicted molar refractivity (Wildman–Crippen MR) is 103 cm³/mol. The summed E-state index contributed by atoms with van der Waals surface area (Å²) >= 11 is 1.72. The summed E-state index contributed by atoms with van der Waals surface area (Å²) in [6.07, 6.45) is 6.08. The van der Waals surface area contributed by atoms with Gasteiger partial charge in [-0.05, 0) is 45.2 Å². The average molecular weight is 361 g/mol. The molecule has 3 rings (SSSR count). The number of nitrogens with one attached hydrogen (secondary N) is 1. The molecule has 0 atom stereocenters. The highest BCUT2D eigenvalue weighted by atomic mass is 32.1. The Balaban J connectivity index is 1.61. The second-order valence-corrected chi connectivity index (χ2v) is 8.38. The molecule has 1 aromatic carbocycles. The van der Waals surface area contributed by atoms with E-state index in [0.717, 1.165) is 49.0 Å². The number of rotatable bonds is 8. The minimum atomic E-state index is -0.271. The molecule has 5 heteroatoms. The molecule has 0 bridgehead atoms. The molecule has 1 saturated carbocycles. The second kappa shape index (κ2) is 8.28. The fourth-order valence-electron chi connectivity index (χ4n) is 3.60. The zero-order chi connectivity index (χ0) is 17.7. The maximum absolute atomic E-state index is 12.9. The van der Waals surface area contributed by atoms with E-state index in [2.05, 4.69) is 11.4 Å². The van der Waals surface area contributed by atoms with Crippen molar-refractivity contribution < 1.29 is 9.53 Å². The van der Waals surface area contributed by atoms with Gasteiger partial charge < -0.3 is 10.1 Å². The van der Waals surface area contributed by atoms with Gasteiger partial charge in [0.2, 0.25) is 5.91 Å². The monoisotopic (exact) mass is 360 g/mol. The van der Waals surface area contributed by atoms with Gasteiger partial charge in [-0.2, -0.15) is 0 Å². The lowest BCUT2D eigenvalue weighted by atomic mass is 9.82. The van der Waals surface area contributed by atoms with Crippen LogP contribution in [0.25, 0.3) is 10.2 Å². The summed E-state index contributed by atoms with van der Waals surface area (Å²) in [5.74, 6) is 0.203. The van der Waals surface area contributed by atoms with Crippen molar-refractivity contribution in [1.82, 2.24) is 10.3 Å². The largest absolute Gasteiger partial charge is 0.379 e. The number of benzene rings is 1. The number of nitrogens with zero attached hydrogens (tertiary/aromatic N) is 1. The van der Waals surface area contributed by atoms with Crippen molar-refractivity contribution >= 4 is 27.5 Å². The summed E-state index contributed by atoms with van der Waals surface area (Å²) in [7, 11) is 0. The fourth-order valence-corrected chi connectivity index (χ4v) is 4.71. The third-order valence-corrected chi connectivity index (χ3v) is 5.96. The Labute approximate surface area is 154 Å². The van der Waals surface area contributed by atoms with E-state index < -0.39 is 0 Å². The van der Waals surface area contributed by atoms with Gasteiger partial charge in [-0.25, -0.2) is 4.98 Å². The van der Waals surface area contributed by atoms with Crippen molar-refractivity contribution in [2.75, 3.05) is 13.2 Å². The number of amides is 1. The maximum atomic E-state index is 12.9. The van der Waals surface area contributed by atoms with E-state index in [1.54, 1.807) is 11.3 Å². The first kappa shape index (κ1) is 18.3. The Morgan fingerprint density at radius 2 is 2.08 bits per heavy atom. The molecule has 0 saturated heterocycles. The van der Waals surface area contributed by atoms with Gasteiger partial charge in [-0.1, -0.05) is 25.0 Å². The van der Waals surface area contributed by atoms with Gasteiger partial charge >= 0.3 is 0 Å². The Bertz CT molecular complexity index is 672. The van der Waals surface area contributed by atoms with Crippen molar-refractivity contribution in [2.45, 2.75) is 58.5 Å². The molecule has 2 aromatic rings. The van der Waals surface area contributed by atoms with E-state index in [9.17, 15) is 4.79 Å². The van der Waals surface area contributed by atoms with E-state index in [1.807, 2.05) is 32.0 Å². The molecule has 1 aliphatic carbocycles. The average Bonchev–Trinajstić information content (AvgIpc) is 3.21. The van der Waals surface area contributed by atoms with Crippen LogP contribution in [0.15, 0.2) is 24.3 Å². The quantitative estimate of drug-likeness (QED) is 0.713. The summed E-state index contributed by atoms with van der Waals surface area (Å²) in [4.78, 5) is 17.7. The summed E-state index contributed by atoms with van der Waals surface area (Å²) < 4.78 is 6.75. The van der Waals surface area contributed by atoms with Gasteiger partial charge in [0.1, 0.15) is 0 Å². The van der Waals surface area contributed by atoms with Crippen molar-refractivity contribution in [3.63, 3.8) is 0 Å². The van der Waals surface area contributed by atoms with Crippen LogP contribution in [-0.4, -0.2) is 30.1 Å². The van der Waals surface area contributed by atoms with Gasteiger partial charge in [-0.3, -0.25) is 4.79 Å². The van der Waals surface area contributed by atoms with Gasteiger partial charge in [0.15, 0.2) is 0 Å². The molecule has 1 amide bonds. The Kier molecular flexibility index (Phi) is 6.07. The van der Waals surface area contributed by atoms with Crippen LogP contribution in [0.2, 0.25) is 0 Å². The molecule has 1 aromatic heterocycles. The van der Waals surface area contributed by atoms with Crippen molar-refractivity contribution in [2.24, 2.45) is 5.41 Å². The molecule has 1 N–H and O–H groups in total. The maximum Gasteiger partial charge on any atom is 0.226 e. The third kappa shape index (κ3) is 4.59. The van der Waals surface area contributed by atoms with E-state index >= 15 is 0 Å². The minimum Gasteiger partial charge on any atom is -0.379 e. The molecule has 1 heterocycles. The van der Waals surface area contributed by atoms with Crippen LogP contribution >= 0.6 is 11.3 Å². The number of carbonyl (C=O) groups is 1. The van der Waals surface area contributed by atoms with Gasteiger partial charge in [-0.15, -0.1) is 11.3 Å². The highest BCUT2D eigenvalue weighted by Gasteiger charge is 2.41. The molecule has 136 valence electrons. The topological polar surface area (TPSA) is 51.2 Å². The lowest BCUT2D eigenvalue weighted by Crippen LogP contribution is -2.41. The van der Waals surface area contributed by atoms with E-state index in [4.69, 9.17) is 9.72 Å². The number of hydrogen-bond acceptors (Lipinski definition) is 4. The summed E-state index contributed by atoms with van der Waals surface area (Å²) in [6.45, 7) is 5.45. The number of thiazole rings is 1. The normalized spacial score (nSPS) is 16.6. The number of ether oxygens (including phenoxy) is 1. The van der Waals surface area contributed by atoms with E-state index in [1.165, 1.54) is 4.70 Å². The van der Waals surface area contributed by atoms with Crippen LogP contribution in [0.1, 0.15) is 51.0 Å². The van der Waals surface area contributed by atoms with Crippen molar-refractivity contribution in [3.8, 4) is 0 Å². The van der Waals surface area contributed by atoms with Gasteiger partial charge in [0, 0.05) is 19.6 Å². The van der Waals surface area contributed by atoms with Crippen LogP contribution in [0.3, 0.4) is 0 Å². The number of para-hydroxylation sites is 1. The Morgan fingerprint density at radius 3 is 2.80 bits per heavy atom. The highest BCUT2D eigenvalue weighted by Crippen LogP contribution is 2.42. The molecule has 1 aliphatic rings. The molecule has 4 nitrogen and oxygen atoms in total. The Hall–Kier alpha value is -1.46. The zero-order valence-electron chi connectivity index (χ0n) is 15.2. The smallest absolute Gasteiger partial charge is 0.226 e. The predicted octanol–water partition coefficient (Wildman–Crippen LogP) is 4.33. The van der Waals surface area contributed by atoms with Crippen LogP contribution in [0.5, 0.6) is 0 Å². The van der Waals surface area contributed by atoms with E-state index in [-0.39, 0.29) is 17.4 Å². The SMILES string of the molecule is CC(C)OCCCNC(=O)C1(Cc2nc3ccccc3s2)CCCC1. The number of hydrogen-bond donors (Lipinski definition) is 1.